The van der Waals surface area contributed by atoms with Crippen molar-refractivity contribution < 1.29 is 19.4 Å². The van der Waals surface area contributed by atoms with E-state index >= 15 is 0 Å². The fourth-order valence-electron chi connectivity index (χ4n) is 1.52. The Bertz CT molecular complexity index is 406. The fraction of sp³-hybridized carbons (Fsp3) is 0.462. The van der Waals surface area contributed by atoms with Crippen molar-refractivity contribution in [2.75, 3.05) is 20.8 Å². The molecule has 5 heteroatoms. The number of benzene rings is 1. The lowest BCUT2D eigenvalue weighted by atomic mass is 10.1. The van der Waals surface area contributed by atoms with Gasteiger partial charge < -0.3 is 19.9 Å². The third-order valence-electron chi connectivity index (χ3n) is 2.62. The van der Waals surface area contributed by atoms with Crippen molar-refractivity contribution in [3.05, 3.63) is 23.8 Å². The predicted octanol–water partition coefficient (Wildman–Crippen LogP) is 1.20. The van der Waals surface area contributed by atoms with Gasteiger partial charge in [-0.1, -0.05) is 13.0 Å². The minimum absolute atomic E-state index is 0.218. The van der Waals surface area contributed by atoms with Gasteiger partial charge in [0.05, 0.1) is 25.9 Å². The normalized spacial score (nSPS) is 11.8. The zero-order valence-electron chi connectivity index (χ0n) is 10.9. The molecule has 0 saturated heterocycles. The van der Waals surface area contributed by atoms with Gasteiger partial charge in [0.15, 0.2) is 11.5 Å². The third-order valence-corrected chi connectivity index (χ3v) is 2.62. The molecule has 5 nitrogen and oxygen atoms in total. The third kappa shape index (κ3) is 3.37. The highest BCUT2D eigenvalue weighted by Gasteiger charge is 2.16. The molecular weight excluding hydrogens is 234 g/mol. The zero-order valence-corrected chi connectivity index (χ0v) is 10.9. The number of carbonyl (C=O) groups is 1. The standard InChI is InChI=1S/C13H19NO4/c1-4-9(15)8-14-13(16)10-6-5-7-11(17-2)12(10)18-3/h5-7,9,15H,4,8H2,1-3H3,(H,14,16). The number of methoxy groups -OCH3 is 2. The second kappa shape index (κ2) is 6.86. The first kappa shape index (κ1) is 14.3. The van der Waals surface area contributed by atoms with Gasteiger partial charge in [-0.05, 0) is 18.6 Å². The lowest BCUT2D eigenvalue weighted by Gasteiger charge is -2.13. The molecule has 0 bridgehead atoms. The molecule has 0 heterocycles. The summed E-state index contributed by atoms with van der Waals surface area (Å²) < 4.78 is 10.3. The van der Waals surface area contributed by atoms with E-state index in [2.05, 4.69) is 5.32 Å². The fourth-order valence-corrected chi connectivity index (χ4v) is 1.52. The number of carbonyl (C=O) groups excluding carboxylic acids is 1. The zero-order chi connectivity index (χ0) is 13.5. The maximum atomic E-state index is 12.0. The van der Waals surface area contributed by atoms with E-state index in [0.717, 1.165) is 0 Å². The Kier molecular flexibility index (Phi) is 5.45. The molecule has 2 N–H and O–H groups in total. The number of aliphatic hydroxyl groups is 1. The second-order valence-electron chi connectivity index (χ2n) is 3.81. The summed E-state index contributed by atoms with van der Waals surface area (Å²) in [6, 6.07) is 5.08. The van der Waals surface area contributed by atoms with Crippen molar-refractivity contribution in [2.45, 2.75) is 19.4 Å². The van der Waals surface area contributed by atoms with Gasteiger partial charge in [0.2, 0.25) is 0 Å². The Morgan fingerprint density at radius 3 is 2.67 bits per heavy atom. The highest BCUT2D eigenvalue weighted by Crippen LogP contribution is 2.30. The predicted molar refractivity (Wildman–Crippen MR) is 68.2 cm³/mol. The number of hydrogen-bond acceptors (Lipinski definition) is 4. The monoisotopic (exact) mass is 253 g/mol. The van der Waals surface area contributed by atoms with Crippen LogP contribution in [0.2, 0.25) is 0 Å². The van der Waals surface area contributed by atoms with Gasteiger partial charge in [-0.2, -0.15) is 0 Å². The van der Waals surface area contributed by atoms with Gasteiger partial charge in [0.1, 0.15) is 0 Å². The minimum Gasteiger partial charge on any atom is -0.493 e. The maximum Gasteiger partial charge on any atom is 0.255 e. The molecule has 1 aromatic carbocycles. The SMILES string of the molecule is CCC(O)CNC(=O)c1cccc(OC)c1OC. The van der Waals surface area contributed by atoms with E-state index in [4.69, 9.17) is 9.47 Å². The first-order valence-electron chi connectivity index (χ1n) is 5.81. The van der Waals surface area contributed by atoms with Crippen LogP contribution >= 0.6 is 0 Å². The Balaban J connectivity index is 2.85. The van der Waals surface area contributed by atoms with Crippen molar-refractivity contribution >= 4 is 5.91 Å². The molecule has 1 rings (SSSR count). The molecule has 1 atom stereocenters. The van der Waals surface area contributed by atoms with Crippen LogP contribution in [-0.4, -0.2) is 37.9 Å². The van der Waals surface area contributed by atoms with Gasteiger partial charge in [-0.15, -0.1) is 0 Å². The molecule has 0 aromatic heterocycles. The van der Waals surface area contributed by atoms with E-state index in [1.54, 1.807) is 18.2 Å². The number of ether oxygens (including phenoxy) is 2. The van der Waals surface area contributed by atoms with E-state index in [1.165, 1.54) is 14.2 Å². The average Bonchev–Trinajstić information content (AvgIpc) is 2.42. The Hall–Kier alpha value is -1.75. The van der Waals surface area contributed by atoms with E-state index in [-0.39, 0.29) is 12.5 Å². The number of aliphatic hydroxyl groups excluding tert-OH is 1. The van der Waals surface area contributed by atoms with E-state index in [1.807, 2.05) is 6.92 Å². The summed E-state index contributed by atoms with van der Waals surface area (Å²) in [6.45, 7) is 2.07. The van der Waals surface area contributed by atoms with Crippen LogP contribution < -0.4 is 14.8 Å². The van der Waals surface area contributed by atoms with Gasteiger partial charge in [-0.25, -0.2) is 0 Å². The lowest BCUT2D eigenvalue weighted by molar-refractivity contribution is 0.0910. The highest BCUT2D eigenvalue weighted by atomic mass is 16.5. The lowest BCUT2D eigenvalue weighted by Crippen LogP contribution is -2.31. The molecule has 1 unspecified atom stereocenters. The molecule has 0 fully saturated rings. The van der Waals surface area contributed by atoms with Crippen LogP contribution in [-0.2, 0) is 0 Å². The van der Waals surface area contributed by atoms with Crippen LogP contribution in [0.1, 0.15) is 23.7 Å². The summed E-state index contributed by atoms with van der Waals surface area (Å²) in [5.74, 6) is 0.600. The number of rotatable bonds is 6. The molecule has 1 amide bonds. The van der Waals surface area contributed by atoms with Crippen LogP contribution in [0.25, 0.3) is 0 Å². The number of hydrogen-bond donors (Lipinski definition) is 2. The summed E-state index contributed by atoms with van der Waals surface area (Å²) >= 11 is 0. The molecule has 0 spiro atoms. The van der Waals surface area contributed by atoms with Crippen LogP contribution in [0, 0.1) is 0 Å². The molecule has 100 valence electrons. The largest absolute Gasteiger partial charge is 0.493 e. The quantitative estimate of drug-likeness (QED) is 0.799. The first-order valence-corrected chi connectivity index (χ1v) is 5.81. The Morgan fingerprint density at radius 2 is 2.11 bits per heavy atom. The van der Waals surface area contributed by atoms with Crippen molar-refractivity contribution in [3.8, 4) is 11.5 Å². The molecule has 0 aliphatic heterocycles. The number of amides is 1. The van der Waals surface area contributed by atoms with E-state index in [9.17, 15) is 9.90 Å². The molecular formula is C13H19NO4. The van der Waals surface area contributed by atoms with Crippen molar-refractivity contribution in [2.24, 2.45) is 0 Å². The topological polar surface area (TPSA) is 67.8 Å². The van der Waals surface area contributed by atoms with Gasteiger partial charge in [0.25, 0.3) is 5.91 Å². The number of para-hydroxylation sites is 1. The van der Waals surface area contributed by atoms with Gasteiger partial charge in [-0.3, -0.25) is 4.79 Å². The highest BCUT2D eigenvalue weighted by molar-refractivity contribution is 5.97. The van der Waals surface area contributed by atoms with Crippen LogP contribution in [0.3, 0.4) is 0 Å². The average molecular weight is 253 g/mol. The summed E-state index contributed by atoms with van der Waals surface area (Å²) in [5.41, 5.74) is 0.389. The van der Waals surface area contributed by atoms with Crippen LogP contribution in [0.5, 0.6) is 11.5 Å². The van der Waals surface area contributed by atoms with Crippen LogP contribution in [0.4, 0.5) is 0 Å². The minimum atomic E-state index is -0.537. The van der Waals surface area contributed by atoms with E-state index in [0.29, 0.717) is 23.5 Å². The first-order chi connectivity index (χ1) is 8.63. The van der Waals surface area contributed by atoms with Crippen molar-refractivity contribution in [1.29, 1.82) is 0 Å². The molecule has 0 aliphatic carbocycles. The van der Waals surface area contributed by atoms with Gasteiger partial charge >= 0.3 is 0 Å². The molecule has 0 aliphatic rings. The van der Waals surface area contributed by atoms with Crippen molar-refractivity contribution in [1.82, 2.24) is 5.32 Å². The Morgan fingerprint density at radius 1 is 1.39 bits per heavy atom. The molecule has 18 heavy (non-hydrogen) atoms. The second-order valence-corrected chi connectivity index (χ2v) is 3.81. The number of nitrogens with one attached hydrogen (secondary N) is 1. The smallest absolute Gasteiger partial charge is 0.255 e. The maximum absolute atomic E-state index is 12.0. The summed E-state index contributed by atoms with van der Waals surface area (Å²) in [6.07, 6.45) is 0.0563. The Labute approximate surface area is 107 Å². The van der Waals surface area contributed by atoms with Crippen molar-refractivity contribution in [3.63, 3.8) is 0 Å². The van der Waals surface area contributed by atoms with E-state index < -0.39 is 6.10 Å². The molecule has 0 radical (unpaired) electrons. The summed E-state index contributed by atoms with van der Waals surface area (Å²) in [7, 11) is 3.00. The molecule has 1 aromatic rings. The molecule has 0 saturated carbocycles. The summed E-state index contributed by atoms with van der Waals surface area (Å²) in [4.78, 5) is 12.0. The van der Waals surface area contributed by atoms with Crippen LogP contribution in [0.15, 0.2) is 18.2 Å². The summed E-state index contributed by atoms with van der Waals surface area (Å²) in [5, 5.41) is 12.1. The van der Waals surface area contributed by atoms with Gasteiger partial charge in [0, 0.05) is 6.54 Å².